The van der Waals surface area contributed by atoms with Gasteiger partial charge in [0.1, 0.15) is 11.5 Å². The molecule has 0 radical (unpaired) electrons. The number of aromatic nitrogens is 2. The van der Waals surface area contributed by atoms with E-state index in [-0.39, 0.29) is 12.0 Å². The maximum absolute atomic E-state index is 11.7. The van der Waals surface area contributed by atoms with Gasteiger partial charge in [0.05, 0.1) is 26.0 Å². The Balaban J connectivity index is 1.93. The number of carbonyl (C=O) groups excluding carboxylic acids is 1. The second-order valence-corrected chi connectivity index (χ2v) is 4.98. The molecule has 2 atom stereocenters. The molecule has 7 heteroatoms. The molecule has 19 heavy (non-hydrogen) atoms. The van der Waals surface area contributed by atoms with E-state index < -0.39 is 5.38 Å². The average molecular weight is 286 g/mol. The largest absolute Gasteiger partial charge is 0.480 e. The lowest BCUT2D eigenvalue weighted by molar-refractivity contribution is -0.129. The van der Waals surface area contributed by atoms with Crippen LogP contribution in [-0.4, -0.2) is 52.5 Å². The van der Waals surface area contributed by atoms with Gasteiger partial charge in [-0.05, 0) is 6.92 Å². The van der Waals surface area contributed by atoms with Gasteiger partial charge in [0.2, 0.25) is 17.7 Å². The highest BCUT2D eigenvalue weighted by Crippen LogP contribution is 2.19. The van der Waals surface area contributed by atoms with Gasteiger partial charge in [-0.15, -0.1) is 11.6 Å². The number of alkyl halides is 1. The third-order valence-electron chi connectivity index (χ3n) is 2.88. The third-order valence-corrected chi connectivity index (χ3v) is 3.07. The van der Waals surface area contributed by atoms with Crippen LogP contribution < -0.4 is 9.47 Å². The normalized spacial score (nSPS) is 20.2. The van der Waals surface area contributed by atoms with Gasteiger partial charge in [-0.2, -0.15) is 4.98 Å². The van der Waals surface area contributed by atoms with Crippen molar-refractivity contribution in [3.8, 4) is 11.8 Å². The first kappa shape index (κ1) is 13.9. The molecule has 1 aromatic heterocycles. The van der Waals surface area contributed by atoms with E-state index in [0.29, 0.717) is 24.8 Å². The fraction of sp³-hybridized carbons (Fsp3) is 0.583. The van der Waals surface area contributed by atoms with Crippen LogP contribution in [0.3, 0.4) is 0 Å². The van der Waals surface area contributed by atoms with Crippen LogP contribution in [-0.2, 0) is 4.79 Å². The molecule has 0 aromatic carbocycles. The van der Waals surface area contributed by atoms with Crippen LogP contribution in [0.15, 0.2) is 12.4 Å². The molecule has 2 rings (SSSR count). The van der Waals surface area contributed by atoms with Crippen LogP contribution in [0, 0.1) is 0 Å². The Morgan fingerprint density at radius 2 is 2.26 bits per heavy atom. The Hall–Kier alpha value is -1.56. The van der Waals surface area contributed by atoms with E-state index in [2.05, 4.69) is 9.97 Å². The second-order valence-electron chi connectivity index (χ2n) is 4.33. The summed E-state index contributed by atoms with van der Waals surface area (Å²) in [5, 5.41) is -0.504. The van der Waals surface area contributed by atoms with Gasteiger partial charge in [-0.1, -0.05) is 0 Å². The molecule has 0 saturated carbocycles. The maximum Gasteiger partial charge on any atom is 0.240 e. The van der Waals surface area contributed by atoms with Gasteiger partial charge < -0.3 is 14.4 Å². The number of hydrogen-bond acceptors (Lipinski definition) is 5. The van der Waals surface area contributed by atoms with E-state index in [4.69, 9.17) is 21.1 Å². The summed E-state index contributed by atoms with van der Waals surface area (Å²) in [7, 11) is 1.52. The van der Waals surface area contributed by atoms with E-state index in [1.165, 1.54) is 19.5 Å². The number of halogens is 1. The number of ether oxygens (including phenoxy) is 2. The monoisotopic (exact) mass is 285 g/mol. The molecule has 6 nitrogen and oxygen atoms in total. The van der Waals surface area contributed by atoms with Crippen LogP contribution >= 0.6 is 11.6 Å². The zero-order chi connectivity index (χ0) is 13.8. The first-order valence-electron chi connectivity index (χ1n) is 6.05. The van der Waals surface area contributed by atoms with Crippen molar-refractivity contribution < 1.29 is 14.3 Å². The minimum Gasteiger partial charge on any atom is -0.480 e. The van der Waals surface area contributed by atoms with Crippen molar-refractivity contribution in [3.05, 3.63) is 12.4 Å². The maximum atomic E-state index is 11.7. The van der Waals surface area contributed by atoms with Crippen molar-refractivity contribution >= 4 is 17.5 Å². The van der Waals surface area contributed by atoms with E-state index in [0.717, 1.165) is 6.42 Å². The molecule has 1 saturated heterocycles. The summed E-state index contributed by atoms with van der Waals surface area (Å²) in [4.78, 5) is 21.5. The minimum atomic E-state index is -0.504. The fourth-order valence-corrected chi connectivity index (χ4v) is 2.07. The van der Waals surface area contributed by atoms with Crippen molar-refractivity contribution in [2.75, 3.05) is 20.2 Å². The molecule has 104 valence electrons. The topological polar surface area (TPSA) is 64.6 Å². The van der Waals surface area contributed by atoms with E-state index in [1.807, 2.05) is 0 Å². The molecule has 0 bridgehead atoms. The van der Waals surface area contributed by atoms with Crippen LogP contribution in [0.2, 0.25) is 0 Å². The minimum absolute atomic E-state index is 0.0653. The van der Waals surface area contributed by atoms with Gasteiger partial charge >= 0.3 is 0 Å². The van der Waals surface area contributed by atoms with Gasteiger partial charge in [0.25, 0.3) is 0 Å². The highest BCUT2D eigenvalue weighted by atomic mass is 35.5. The molecule has 2 unspecified atom stereocenters. The number of amides is 1. The SMILES string of the molecule is COc1cncc(OC2CCN(C(=O)C(C)Cl)C2)n1. The molecule has 1 amide bonds. The van der Waals surface area contributed by atoms with E-state index in [9.17, 15) is 4.79 Å². The molecular weight excluding hydrogens is 270 g/mol. The summed E-state index contributed by atoms with van der Waals surface area (Å²) in [6.07, 6.45) is 3.71. The van der Waals surface area contributed by atoms with Crippen LogP contribution in [0.4, 0.5) is 0 Å². The number of rotatable bonds is 4. The molecular formula is C12H16ClN3O3. The Kier molecular flexibility index (Phi) is 4.42. The summed E-state index contributed by atoms with van der Waals surface area (Å²) in [5.41, 5.74) is 0. The van der Waals surface area contributed by atoms with E-state index >= 15 is 0 Å². The lowest BCUT2D eigenvalue weighted by Gasteiger charge is -2.18. The van der Waals surface area contributed by atoms with Gasteiger partial charge in [-0.3, -0.25) is 9.78 Å². The fourth-order valence-electron chi connectivity index (χ4n) is 1.93. The second kappa shape index (κ2) is 6.06. The smallest absolute Gasteiger partial charge is 0.240 e. The quantitative estimate of drug-likeness (QED) is 0.775. The number of hydrogen-bond donors (Lipinski definition) is 0. The predicted octanol–water partition coefficient (Wildman–Crippen LogP) is 1.09. The molecule has 1 aliphatic heterocycles. The Labute approximate surface area is 116 Å². The Bertz CT molecular complexity index is 456. The van der Waals surface area contributed by atoms with Crippen LogP contribution in [0.25, 0.3) is 0 Å². The number of nitrogens with zero attached hydrogens (tertiary/aromatic N) is 3. The van der Waals surface area contributed by atoms with Crippen molar-refractivity contribution in [2.24, 2.45) is 0 Å². The molecule has 0 spiro atoms. The zero-order valence-corrected chi connectivity index (χ0v) is 11.6. The number of carbonyl (C=O) groups is 1. The third kappa shape index (κ3) is 3.47. The lowest BCUT2D eigenvalue weighted by Crippen LogP contribution is -2.35. The molecule has 2 heterocycles. The van der Waals surface area contributed by atoms with Gasteiger partial charge in [0, 0.05) is 13.0 Å². The highest BCUT2D eigenvalue weighted by Gasteiger charge is 2.29. The Morgan fingerprint density at radius 3 is 2.95 bits per heavy atom. The first-order chi connectivity index (χ1) is 9.10. The summed E-state index contributed by atoms with van der Waals surface area (Å²) in [6, 6.07) is 0. The summed E-state index contributed by atoms with van der Waals surface area (Å²) >= 11 is 5.78. The van der Waals surface area contributed by atoms with Crippen molar-refractivity contribution in [1.29, 1.82) is 0 Å². The van der Waals surface area contributed by atoms with E-state index in [1.54, 1.807) is 11.8 Å². The molecule has 1 aromatic rings. The first-order valence-corrected chi connectivity index (χ1v) is 6.49. The highest BCUT2D eigenvalue weighted by molar-refractivity contribution is 6.30. The lowest BCUT2D eigenvalue weighted by atomic mass is 10.3. The predicted molar refractivity (Wildman–Crippen MR) is 69.5 cm³/mol. The number of likely N-dealkylation sites (tertiary alicyclic amines) is 1. The molecule has 0 aliphatic carbocycles. The summed E-state index contributed by atoms with van der Waals surface area (Å²) < 4.78 is 10.7. The number of methoxy groups -OCH3 is 1. The summed E-state index contributed by atoms with van der Waals surface area (Å²) in [6.45, 7) is 2.85. The molecule has 1 fully saturated rings. The molecule has 0 N–H and O–H groups in total. The molecule has 1 aliphatic rings. The van der Waals surface area contributed by atoms with Crippen LogP contribution in [0.5, 0.6) is 11.8 Å². The van der Waals surface area contributed by atoms with Gasteiger partial charge in [0.15, 0.2) is 0 Å². The van der Waals surface area contributed by atoms with Crippen molar-refractivity contribution in [2.45, 2.75) is 24.8 Å². The summed E-state index contributed by atoms with van der Waals surface area (Å²) in [5.74, 6) is 0.736. The zero-order valence-electron chi connectivity index (χ0n) is 10.9. The van der Waals surface area contributed by atoms with Crippen molar-refractivity contribution in [1.82, 2.24) is 14.9 Å². The van der Waals surface area contributed by atoms with Gasteiger partial charge in [-0.25, -0.2) is 0 Å². The van der Waals surface area contributed by atoms with Crippen LogP contribution in [0.1, 0.15) is 13.3 Å². The van der Waals surface area contributed by atoms with Crippen molar-refractivity contribution in [3.63, 3.8) is 0 Å². The Morgan fingerprint density at radius 1 is 1.53 bits per heavy atom. The standard InChI is InChI=1S/C12H16ClN3O3/c1-8(13)12(17)16-4-3-9(7-16)19-11-6-14-5-10(15-11)18-2/h5-6,8-9H,3-4,7H2,1-2H3. The average Bonchev–Trinajstić information content (AvgIpc) is 2.86.